The van der Waals surface area contributed by atoms with E-state index in [1.165, 1.54) is 13.5 Å². The average Bonchev–Trinajstić information content (AvgIpc) is 2.16. The second kappa shape index (κ2) is 1.79. The summed E-state index contributed by atoms with van der Waals surface area (Å²) in [7, 11) is 1.54. The van der Waals surface area contributed by atoms with Crippen LogP contribution in [0.15, 0.2) is 0 Å². The fourth-order valence-electron chi connectivity index (χ4n) is 4.95. The molecule has 4 saturated carbocycles. The molecular formula is C10H11IO2. The van der Waals surface area contributed by atoms with Crippen molar-refractivity contribution in [3.05, 3.63) is 0 Å². The summed E-state index contributed by atoms with van der Waals surface area (Å²) in [6.45, 7) is 0. The van der Waals surface area contributed by atoms with Crippen LogP contribution in [-0.4, -0.2) is 17.0 Å². The normalized spacial score (nSPS) is 69.1. The number of hydrogen-bond donors (Lipinski definition) is 0. The predicted octanol–water partition coefficient (Wildman–Crippen LogP) is 1.47. The first-order valence-electron chi connectivity index (χ1n) is 4.97. The molecule has 0 spiro atoms. The van der Waals surface area contributed by atoms with Crippen LogP contribution in [0.1, 0.15) is 6.42 Å². The monoisotopic (exact) mass is 290 g/mol. The Morgan fingerprint density at radius 2 is 2.08 bits per heavy atom. The second-order valence-electron chi connectivity index (χ2n) is 5.00. The molecule has 4 rings (SSSR count). The van der Waals surface area contributed by atoms with Crippen LogP contribution in [0.4, 0.5) is 0 Å². The van der Waals surface area contributed by atoms with E-state index >= 15 is 0 Å². The molecule has 0 aromatic rings. The van der Waals surface area contributed by atoms with Crippen LogP contribution >= 0.6 is 22.6 Å². The molecule has 4 aliphatic carbocycles. The zero-order chi connectivity index (χ0) is 8.96. The number of carbonyl (C=O) groups excluding carboxylic acids is 1. The summed E-state index contributed by atoms with van der Waals surface area (Å²) in [6, 6.07) is 0. The molecule has 0 amide bonds. The minimum absolute atomic E-state index is 0.0613. The number of halogens is 1. The topological polar surface area (TPSA) is 26.3 Å². The van der Waals surface area contributed by atoms with Gasteiger partial charge >= 0.3 is 5.97 Å². The highest BCUT2D eigenvalue weighted by atomic mass is 127. The van der Waals surface area contributed by atoms with Crippen LogP contribution in [0.3, 0.4) is 0 Å². The van der Waals surface area contributed by atoms with Gasteiger partial charge in [0.2, 0.25) is 0 Å². The van der Waals surface area contributed by atoms with Gasteiger partial charge in [-0.3, -0.25) is 4.79 Å². The highest BCUT2D eigenvalue weighted by Crippen LogP contribution is 2.92. The summed E-state index contributed by atoms with van der Waals surface area (Å²) in [5.41, 5.74) is 0.0613. The number of rotatable bonds is 1. The van der Waals surface area contributed by atoms with Gasteiger partial charge in [0.25, 0.3) is 0 Å². The number of carbonyl (C=O) groups is 1. The van der Waals surface area contributed by atoms with Gasteiger partial charge in [-0.15, -0.1) is 0 Å². The lowest BCUT2D eigenvalue weighted by Gasteiger charge is -2.91. The molecular weight excluding hydrogens is 279 g/mol. The Labute approximate surface area is 90.5 Å². The molecule has 0 radical (unpaired) electrons. The Morgan fingerprint density at radius 3 is 2.54 bits per heavy atom. The van der Waals surface area contributed by atoms with Crippen molar-refractivity contribution in [3.63, 3.8) is 0 Å². The zero-order valence-electron chi connectivity index (χ0n) is 7.37. The van der Waals surface area contributed by atoms with E-state index in [9.17, 15) is 4.79 Å². The lowest BCUT2D eigenvalue weighted by Crippen LogP contribution is -2.93. The smallest absolute Gasteiger partial charge is 0.312 e. The number of esters is 1. The third-order valence-electron chi connectivity index (χ3n) is 5.32. The van der Waals surface area contributed by atoms with Crippen molar-refractivity contribution >= 4 is 28.6 Å². The molecule has 0 bridgehead atoms. The summed E-state index contributed by atoms with van der Waals surface area (Å²) in [5, 5.41) is 0. The van der Waals surface area contributed by atoms with Crippen LogP contribution in [0, 0.1) is 35.0 Å². The Morgan fingerprint density at radius 1 is 1.46 bits per heavy atom. The van der Waals surface area contributed by atoms with Crippen molar-refractivity contribution in [1.82, 2.24) is 0 Å². The van der Waals surface area contributed by atoms with Crippen molar-refractivity contribution in [3.8, 4) is 0 Å². The van der Waals surface area contributed by atoms with Gasteiger partial charge in [0.15, 0.2) is 0 Å². The standard InChI is InChI=1S/C10H11IO2/c1-13-9(12)10-3-2-4(10)6-7(10)5(3)8(6)11/h3-8H,2H2,1H3. The lowest BCUT2D eigenvalue weighted by molar-refractivity contribution is -0.414. The maximum atomic E-state index is 11.7. The van der Waals surface area contributed by atoms with E-state index in [1.54, 1.807) is 0 Å². The first-order valence-corrected chi connectivity index (χ1v) is 6.21. The van der Waals surface area contributed by atoms with Gasteiger partial charge in [-0.2, -0.15) is 0 Å². The molecule has 2 nitrogen and oxygen atoms in total. The molecule has 0 saturated heterocycles. The molecule has 4 fully saturated rings. The highest BCUT2D eigenvalue weighted by Gasteiger charge is 2.93. The molecule has 13 heavy (non-hydrogen) atoms. The quantitative estimate of drug-likeness (QED) is 0.415. The van der Waals surface area contributed by atoms with Gasteiger partial charge in [-0.1, -0.05) is 22.6 Å². The molecule has 0 aromatic carbocycles. The average molecular weight is 290 g/mol. The molecule has 0 N–H and O–H groups in total. The third-order valence-corrected chi connectivity index (χ3v) is 6.98. The van der Waals surface area contributed by atoms with Crippen LogP contribution < -0.4 is 0 Å². The van der Waals surface area contributed by atoms with E-state index in [0.29, 0.717) is 11.8 Å². The Hall–Kier alpha value is 0.200. The van der Waals surface area contributed by atoms with Crippen molar-refractivity contribution in [2.45, 2.75) is 10.3 Å². The van der Waals surface area contributed by atoms with Crippen LogP contribution in [-0.2, 0) is 9.53 Å². The minimum atomic E-state index is 0.0613. The summed E-state index contributed by atoms with van der Waals surface area (Å²) >= 11 is 2.59. The minimum Gasteiger partial charge on any atom is -0.469 e. The van der Waals surface area contributed by atoms with E-state index in [0.717, 1.165) is 21.7 Å². The van der Waals surface area contributed by atoms with Gasteiger partial charge < -0.3 is 4.74 Å². The van der Waals surface area contributed by atoms with Crippen molar-refractivity contribution in [1.29, 1.82) is 0 Å². The first kappa shape index (κ1) is 7.49. The number of alkyl halides is 1. The molecule has 70 valence electrons. The second-order valence-corrected chi connectivity index (χ2v) is 6.44. The molecule has 0 aliphatic heterocycles. The summed E-state index contributed by atoms with van der Waals surface area (Å²) in [5.74, 6) is 4.04. The van der Waals surface area contributed by atoms with E-state index in [2.05, 4.69) is 22.6 Å². The van der Waals surface area contributed by atoms with Gasteiger partial charge in [0.1, 0.15) is 0 Å². The largest absolute Gasteiger partial charge is 0.469 e. The number of methoxy groups -OCH3 is 1. The van der Waals surface area contributed by atoms with Crippen molar-refractivity contribution in [2.75, 3.05) is 7.11 Å². The van der Waals surface area contributed by atoms with E-state index < -0.39 is 0 Å². The van der Waals surface area contributed by atoms with Crippen molar-refractivity contribution < 1.29 is 9.53 Å². The van der Waals surface area contributed by atoms with Gasteiger partial charge in [-0.05, 0) is 36.0 Å². The van der Waals surface area contributed by atoms with Crippen LogP contribution in [0.25, 0.3) is 0 Å². The maximum absolute atomic E-state index is 11.7. The molecule has 4 aliphatic rings. The van der Waals surface area contributed by atoms with Crippen LogP contribution in [0.2, 0.25) is 0 Å². The number of fused-ring (bicyclic) bond motifs is 2. The summed E-state index contributed by atoms with van der Waals surface area (Å²) in [4.78, 5) is 11.7. The summed E-state index contributed by atoms with van der Waals surface area (Å²) in [6.07, 6.45) is 1.32. The fourth-order valence-corrected chi connectivity index (χ4v) is 6.84. The van der Waals surface area contributed by atoms with E-state index in [-0.39, 0.29) is 11.4 Å². The lowest BCUT2D eigenvalue weighted by atomic mass is 9.13. The molecule has 0 heterocycles. The molecule has 4 atom stereocenters. The van der Waals surface area contributed by atoms with Gasteiger partial charge in [0.05, 0.1) is 12.5 Å². The summed E-state index contributed by atoms with van der Waals surface area (Å²) < 4.78 is 5.83. The fraction of sp³-hybridized carbons (Fsp3) is 0.900. The Bertz CT molecular complexity index is 295. The van der Waals surface area contributed by atoms with Crippen molar-refractivity contribution in [2.24, 2.45) is 35.0 Å². The third kappa shape index (κ3) is 0.432. The van der Waals surface area contributed by atoms with Gasteiger partial charge in [-0.25, -0.2) is 0 Å². The Balaban J connectivity index is 1.74. The highest BCUT2D eigenvalue weighted by molar-refractivity contribution is 14.1. The SMILES string of the molecule is COC(=O)C12C3CC1C1C(I)C3C12. The first-order chi connectivity index (χ1) is 6.24. The van der Waals surface area contributed by atoms with Gasteiger partial charge in [0, 0.05) is 3.92 Å². The number of hydrogen-bond acceptors (Lipinski definition) is 2. The van der Waals surface area contributed by atoms with E-state index in [4.69, 9.17) is 4.74 Å². The molecule has 3 heteroatoms. The van der Waals surface area contributed by atoms with Crippen LogP contribution in [0.5, 0.6) is 0 Å². The number of ether oxygens (including phenoxy) is 1. The maximum Gasteiger partial charge on any atom is 0.312 e. The predicted molar refractivity (Wildman–Crippen MR) is 54.3 cm³/mol. The molecule has 4 unspecified atom stereocenters. The zero-order valence-corrected chi connectivity index (χ0v) is 9.52. The Kier molecular flexibility index (Phi) is 1.03. The van der Waals surface area contributed by atoms with E-state index in [1.807, 2.05) is 0 Å². The molecule has 0 aromatic heterocycles.